The molecule has 2 rings (SSSR count). The number of aromatic nitrogens is 1. The summed E-state index contributed by atoms with van der Waals surface area (Å²) in [5.41, 5.74) is 5.74. The molecule has 8 N–H and O–H groups in total. The number of nitrogens with two attached hydrogens (primary N) is 1. The molecule has 1 aliphatic heterocycles. The Morgan fingerprint density at radius 1 is 1.17 bits per heavy atom. The molecule has 2 heterocycles. The molecule has 1 aromatic rings. The van der Waals surface area contributed by atoms with E-state index in [1.807, 2.05) is 0 Å². The Kier molecular flexibility index (Phi) is 5.70. The van der Waals surface area contributed by atoms with Crippen molar-refractivity contribution in [2.75, 3.05) is 6.61 Å². The van der Waals surface area contributed by atoms with E-state index in [9.17, 15) is 25.5 Å². The molecule has 0 aromatic carbocycles. The van der Waals surface area contributed by atoms with Crippen LogP contribution in [-0.2, 0) is 18.0 Å². The zero-order valence-electron chi connectivity index (χ0n) is 12.1. The molecule has 5 atom stereocenters. The first-order valence-corrected chi connectivity index (χ1v) is 6.90. The molecule has 1 unspecified atom stereocenters. The number of nitrogens with zero attached hydrogens (tertiary/aromatic N) is 1. The molecule has 10 nitrogen and oxygen atoms in total. The predicted molar refractivity (Wildman–Crippen MR) is 74.1 cm³/mol. The predicted octanol–water partition coefficient (Wildman–Crippen LogP) is -3.08. The van der Waals surface area contributed by atoms with Crippen LogP contribution in [0.1, 0.15) is 11.1 Å². The first-order valence-electron chi connectivity index (χ1n) is 6.90. The minimum Gasteiger partial charge on any atom is -0.503 e. The van der Waals surface area contributed by atoms with Gasteiger partial charge in [-0.25, -0.2) is 4.98 Å². The maximum atomic E-state index is 9.96. The Bertz CT molecular complexity index is 543. The lowest BCUT2D eigenvalue weighted by Crippen LogP contribution is -2.62. The number of ether oxygens (including phenoxy) is 2. The van der Waals surface area contributed by atoms with Crippen LogP contribution in [0.5, 0.6) is 11.6 Å². The molecule has 130 valence electrons. The highest BCUT2D eigenvalue weighted by Crippen LogP contribution is 2.31. The number of pyridine rings is 1. The van der Waals surface area contributed by atoms with Crippen LogP contribution >= 0.6 is 0 Å². The van der Waals surface area contributed by atoms with Crippen LogP contribution in [-0.4, -0.2) is 72.9 Å². The first-order chi connectivity index (χ1) is 10.9. The summed E-state index contributed by atoms with van der Waals surface area (Å²) < 4.78 is 10.3. The van der Waals surface area contributed by atoms with Gasteiger partial charge >= 0.3 is 0 Å². The van der Waals surface area contributed by atoms with Gasteiger partial charge in [0.2, 0.25) is 0 Å². The summed E-state index contributed by atoms with van der Waals surface area (Å²) >= 11 is 0. The molecular formula is C13H20N2O8. The SMILES string of the molecule is N[C@H]1C(O)O[C@H](COc2ncc(CO)c(CO)c2O)[C@@H](O)[C@@H]1O. The molecule has 10 heteroatoms. The maximum absolute atomic E-state index is 9.96. The van der Waals surface area contributed by atoms with Crippen LogP contribution in [0.3, 0.4) is 0 Å². The second-order valence-electron chi connectivity index (χ2n) is 5.17. The van der Waals surface area contributed by atoms with Crippen molar-refractivity contribution < 1.29 is 40.1 Å². The van der Waals surface area contributed by atoms with E-state index in [0.717, 1.165) is 0 Å². The number of aliphatic hydroxyl groups is 5. The van der Waals surface area contributed by atoms with Gasteiger partial charge in [0.05, 0.1) is 19.3 Å². The zero-order chi connectivity index (χ0) is 17.1. The fourth-order valence-electron chi connectivity index (χ4n) is 2.24. The summed E-state index contributed by atoms with van der Waals surface area (Å²) in [4.78, 5) is 3.79. The summed E-state index contributed by atoms with van der Waals surface area (Å²) in [5.74, 6) is -0.706. The van der Waals surface area contributed by atoms with Gasteiger partial charge in [0.15, 0.2) is 12.0 Å². The van der Waals surface area contributed by atoms with Crippen LogP contribution in [0.2, 0.25) is 0 Å². The second kappa shape index (κ2) is 7.36. The zero-order valence-corrected chi connectivity index (χ0v) is 12.1. The third-order valence-electron chi connectivity index (χ3n) is 3.70. The molecular weight excluding hydrogens is 312 g/mol. The summed E-state index contributed by atoms with van der Waals surface area (Å²) in [6.07, 6.45) is -4.16. The maximum Gasteiger partial charge on any atom is 0.257 e. The normalized spacial score (nSPS) is 31.1. The lowest BCUT2D eigenvalue weighted by atomic mass is 9.98. The Labute approximate surface area is 131 Å². The Balaban J connectivity index is 2.09. The van der Waals surface area contributed by atoms with E-state index in [4.69, 9.17) is 20.3 Å². The molecule has 0 amide bonds. The van der Waals surface area contributed by atoms with Gasteiger partial charge in [0.25, 0.3) is 5.88 Å². The number of hydrogen-bond acceptors (Lipinski definition) is 10. The molecule has 1 fully saturated rings. The van der Waals surface area contributed by atoms with Crippen molar-refractivity contribution in [2.24, 2.45) is 5.73 Å². The minimum atomic E-state index is -1.48. The largest absolute Gasteiger partial charge is 0.503 e. The van der Waals surface area contributed by atoms with Gasteiger partial charge < -0.3 is 45.8 Å². The van der Waals surface area contributed by atoms with Crippen molar-refractivity contribution in [2.45, 2.75) is 43.9 Å². The Hall–Kier alpha value is -1.53. The topological polar surface area (TPSA) is 179 Å². The van der Waals surface area contributed by atoms with Crippen molar-refractivity contribution >= 4 is 0 Å². The van der Waals surface area contributed by atoms with Crippen LogP contribution in [0.15, 0.2) is 6.20 Å². The van der Waals surface area contributed by atoms with Gasteiger partial charge in [-0.15, -0.1) is 0 Å². The standard InChI is InChI=1S/C13H20N2O8/c14-8-11(20)10(19)7(23-13(8)21)4-22-12-9(18)6(3-17)5(2-16)1-15-12/h1,7-8,10-11,13,16-21H,2-4,14H2/t7-,8-,10-,11-,13?/m1/s1. The van der Waals surface area contributed by atoms with Crippen LogP contribution in [0.25, 0.3) is 0 Å². The van der Waals surface area contributed by atoms with E-state index in [0.29, 0.717) is 0 Å². The summed E-state index contributed by atoms with van der Waals surface area (Å²) in [6.45, 7) is -1.29. The van der Waals surface area contributed by atoms with Crippen molar-refractivity contribution in [1.82, 2.24) is 4.98 Å². The number of rotatable bonds is 5. The first kappa shape index (κ1) is 17.8. The van der Waals surface area contributed by atoms with E-state index in [1.54, 1.807) is 0 Å². The van der Waals surface area contributed by atoms with Gasteiger partial charge in [0.1, 0.15) is 24.9 Å². The molecule has 0 saturated carbocycles. The van der Waals surface area contributed by atoms with E-state index in [2.05, 4.69) is 4.98 Å². The fraction of sp³-hybridized carbons (Fsp3) is 0.615. The van der Waals surface area contributed by atoms with Crippen molar-refractivity contribution in [1.29, 1.82) is 0 Å². The molecule has 23 heavy (non-hydrogen) atoms. The summed E-state index contributed by atoms with van der Waals surface area (Å²) in [5, 5.41) is 57.4. The van der Waals surface area contributed by atoms with Gasteiger partial charge in [-0.1, -0.05) is 0 Å². The number of aromatic hydroxyl groups is 1. The second-order valence-corrected chi connectivity index (χ2v) is 5.17. The fourth-order valence-corrected chi connectivity index (χ4v) is 2.24. The Morgan fingerprint density at radius 3 is 2.48 bits per heavy atom. The molecule has 0 radical (unpaired) electrons. The van der Waals surface area contributed by atoms with Gasteiger partial charge in [-0.05, 0) is 0 Å². The summed E-state index contributed by atoms with van der Waals surface area (Å²) in [6, 6.07) is -1.15. The lowest BCUT2D eigenvalue weighted by molar-refractivity contribution is -0.247. The minimum absolute atomic E-state index is 0.0599. The molecule has 1 aromatic heterocycles. The number of hydrogen-bond donors (Lipinski definition) is 7. The molecule has 0 bridgehead atoms. The number of aliphatic hydroxyl groups excluding tert-OH is 5. The van der Waals surface area contributed by atoms with E-state index < -0.39 is 49.6 Å². The van der Waals surface area contributed by atoms with Crippen LogP contribution < -0.4 is 10.5 Å². The lowest BCUT2D eigenvalue weighted by Gasteiger charge is -2.38. The average Bonchev–Trinajstić information content (AvgIpc) is 2.55. The third-order valence-corrected chi connectivity index (χ3v) is 3.70. The highest BCUT2D eigenvalue weighted by Gasteiger charge is 2.42. The van der Waals surface area contributed by atoms with E-state index >= 15 is 0 Å². The highest BCUT2D eigenvalue weighted by molar-refractivity contribution is 5.44. The van der Waals surface area contributed by atoms with Gasteiger partial charge in [-0.2, -0.15) is 0 Å². The monoisotopic (exact) mass is 332 g/mol. The smallest absolute Gasteiger partial charge is 0.257 e. The summed E-state index contributed by atoms with van der Waals surface area (Å²) in [7, 11) is 0. The van der Waals surface area contributed by atoms with Crippen molar-refractivity contribution in [3.63, 3.8) is 0 Å². The van der Waals surface area contributed by atoms with Crippen molar-refractivity contribution in [3.8, 4) is 11.6 Å². The highest BCUT2D eigenvalue weighted by atomic mass is 16.6. The quantitative estimate of drug-likeness (QED) is 0.292. The van der Waals surface area contributed by atoms with Crippen LogP contribution in [0.4, 0.5) is 0 Å². The van der Waals surface area contributed by atoms with E-state index in [1.165, 1.54) is 6.20 Å². The van der Waals surface area contributed by atoms with Crippen molar-refractivity contribution in [3.05, 3.63) is 17.3 Å². The third kappa shape index (κ3) is 3.53. The van der Waals surface area contributed by atoms with Gasteiger partial charge in [0, 0.05) is 17.3 Å². The average molecular weight is 332 g/mol. The van der Waals surface area contributed by atoms with E-state index in [-0.39, 0.29) is 23.6 Å². The molecule has 0 aliphatic carbocycles. The molecule has 1 aliphatic rings. The molecule has 0 spiro atoms. The molecule has 1 saturated heterocycles. The Morgan fingerprint density at radius 2 is 1.87 bits per heavy atom. The van der Waals surface area contributed by atoms with Gasteiger partial charge in [-0.3, -0.25) is 0 Å². The van der Waals surface area contributed by atoms with Crippen LogP contribution in [0, 0.1) is 0 Å².